The van der Waals surface area contributed by atoms with Gasteiger partial charge in [-0.2, -0.15) is 0 Å². The number of pyridine rings is 1. The zero-order chi connectivity index (χ0) is 19.8. The average molecular weight is 382 g/mol. The predicted molar refractivity (Wildman–Crippen MR) is 102 cm³/mol. The van der Waals surface area contributed by atoms with Crippen molar-refractivity contribution in [2.45, 2.75) is 27.3 Å². The van der Waals surface area contributed by atoms with E-state index in [1.165, 1.54) is 12.1 Å². The summed E-state index contributed by atoms with van der Waals surface area (Å²) in [4.78, 5) is 19.6. The summed E-state index contributed by atoms with van der Waals surface area (Å²) in [6.45, 7) is 6.25. The number of halogens is 1. The molecule has 0 bridgehead atoms. The van der Waals surface area contributed by atoms with Crippen molar-refractivity contribution < 1.29 is 13.7 Å². The highest BCUT2D eigenvalue weighted by Gasteiger charge is 2.16. The van der Waals surface area contributed by atoms with Gasteiger partial charge in [-0.1, -0.05) is 5.16 Å². The molecule has 0 fully saturated rings. The molecule has 1 aromatic carbocycles. The van der Waals surface area contributed by atoms with E-state index >= 15 is 0 Å². The van der Waals surface area contributed by atoms with E-state index < -0.39 is 0 Å². The number of ether oxygens (including phenoxy) is 1. The molecule has 3 heterocycles. The Morgan fingerprint density at radius 1 is 1.29 bits per heavy atom. The van der Waals surface area contributed by atoms with Crippen molar-refractivity contribution in [2.24, 2.45) is 0 Å². The fraction of sp³-hybridized carbons (Fsp3) is 0.250. The number of aromatic nitrogens is 4. The van der Waals surface area contributed by atoms with Crippen molar-refractivity contribution in [1.29, 1.82) is 0 Å². The third-order valence-corrected chi connectivity index (χ3v) is 4.68. The van der Waals surface area contributed by atoms with Crippen molar-refractivity contribution in [3.8, 4) is 16.9 Å². The SMILES string of the molecule is CCOc1ccc(F)cc1-c1cnc2[nH]c(=O)n(Cc3c(C)noc3C)c2c1. The summed E-state index contributed by atoms with van der Waals surface area (Å²) in [7, 11) is 0. The summed E-state index contributed by atoms with van der Waals surface area (Å²) in [5, 5.41) is 3.94. The quantitative estimate of drug-likeness (QED) is 0.570. The highest BCUT2D eigenvalue weighted by atomic mass is 19.1. The number of rotatable bonds is 5. The molecule has 0 saturated carbocycles. The summed E-state index contributed by atoms with van der Waals surface area (Å²) in [6.07, 6.45) is 1.59. The lowest BCUT2D eigenvalue weighted by Crippen LogP contribution is -2.17. The van der Waals surface area contributed by atoms with Crippen LogP contribution in [0.5, 0.6) is 5.75 Å². The van der Waals surface area contributed by atoms with Gasteiger partial charge in [0, 0.05) is 22.9 Å². The second-order valence-corrected chi connectivity index (χ2v) is 6.48. The topological polar surface area (TPSA) is 85.9 Å². The lowest BCUT2D eigenvalue weighted by molar-refractivity contribution is 0.341. The van der Waals surface area contributed by atoms with Crippen LogP contribution in [0.1, 0.15) is 23.9 Å². The third kappa shape index (κ3) is 3.06. The van der Waals surface area contributed by atoms with Gasteiger partial charge < -0.3 is 9.26 Å². The molecule has 0 unspecified atom stereocenters. The van der Waals surface area contributed by atoms with E-state index in [1.807, 2.05) is 13.8 Å². The number of hydrogen-bond acceptors (Lipinski definition) is 5. The second-order valence-electron chi connectivity index (χ2n) is 6.48. The molecule has 0 aliphatic carbocycles. The minimum absolute atomic E-state index is 0.288. The number of nitrogens with zero attached hydrogens (tertiary/aromatic N) is 3. The Labute approximate surface area is 159 Å². The van der Waals surface area contributed by atoms with E-state index in [0.717, 1.165) is 11.3 Å². The molecule has 4 aromatic rings. The summed E-state index contributed by atoms with van der Waals surface area (Å²) >= 11 is 0. The maximum absolute atomic E-state index is 13.9. The minimum atomic E-state index is -0.374. The van der Waals surface area contributed by atoms with Crippen LogP contribution >= 0.6 is 0 Å². The average Bonchev–Trinajstić information content (AvgIpc) is 3.16. The number of nitrogens with one attached hydrogen (secondary N) is 1. The Bertz CT molecular complexity index is 1200. The summed E-state index contributed by atoms with van der Waals surface area (Å²) < 4.78 is 26.2. The molecule has 28 heavy (non-hydrogen) atoms. The van der Waals surface area contributed by atoms with Gasteiger partial charge in [-0.3, -0.25) is 9.55 Å². The number of hydrogen-bond donors (Lipinski definition) is 1. The molecule has 0 amide bonds. The van der Waals surface area contributed by atoms with Gasteiger partial charge in [-0.05, 0) is 45.0 Å². The Morgan fingerprint density at radius 2 is 2.11 bits per heavy atom. The number of imidazole rings is 1. The van der Waals surface area contributed by atoms with E-state index in [-0.39, 0.29) is 11.5 Å². The van der Waals surface area contributed by atoms with Crippen molar-refractivity contribution >= 4 is 11.2 Å². The van der Waals surface area contributed by atoms with Crippen molar-refractivity contribution in [3.05, 3.63) is 63.8 Å². The lowest BCUT2D eigenvalue weighted by Gasteiger charge is -2.11. The second kappa shape index (κ2) is 6.95. The van der Waals surface area contributed by atoms with Crippen LogP contribution in [0.15, 0.2) is 39.8 Å². The summed E-state index contributed by atoms with van der Waals surface area (Å²) in [5.74, 6) is 0.840. The molecule has 3 aromatic heterocycles. The van der Waals surface area contributed by atoms with Crippen molar-refractivity contribution in [2.75, 3.05) is 6.61 Å². The third-order valence-electron chi connectivity index (χ3n) is 4.68. The molecule has 7 nitrogen and oxygen atoms in total. The molecule has 0 spiro atoms. The van der Waals surface area contributed by atoms with Gasteiger partial charge in [0.15, 0.2) is 5.65 Å². The van der Waals surface area contributed by atoms with Crippen LogP contribution in [0, 0.1) is 19.7 Å². The fourth-order valence-electron chi connectivity index (χ4n) is 3.23. The number of H-pyrrole nitrogens is 1. The standard InChI is InChI=1S/C20H19FN4O3/c1-4-27-18-6-5-14(21)8-15(18)13-7-17-19(22-9-13)23-20(26)25(17)10-16-11(2)24-28-12(16)3/h5-9H,4,10H2,1-3H3,(H,22,23,26). The van der Waals surface area contributed by atoms with Gasteiger partial charge in [0.05, 0.1) is 24.4 Å². The first kappa shape index (κ1) is 18.0. The predicted octanol–water partition coefficient (Wildman–Crippen LogP) is 3.58. The molecular weight excluding hydrogens is 363 g/mol. The molecule has 0 radical (unpaired) electrons. The Morgan fingerprint density at radius 3 is 2.82 bits per heavy atom. The summed E-state index contributed by atoms with van der Waals surface area (Å²) in [6, 6.07) is 6.14. The monoisotopic (exact) mass is 382 g/mol. The van der Waals surface area contributed by atoms with Crippen LogP contribution in [0.25, 0.3) is 22.3 Å². The van der Waals surface area contributed by atoms with Crippen LogP contribution < -0.4 is 10.4 Å². The molecule has 0 aliphatic rings. The highest BCUT2D eigenvalue weighted by Crippen LogP contribution is 2.32. The molecule has 4 rings (SSSR count). The first-order valence-electron chi connectivity index (χ1n) is 8.91. The maximum atomic E-state index is 13.9. The first-order valence-corrected chi connectivity index (χ1v) is 8.91. The van der Waals surface area contributed by atoms with Crippen LogP contribution in [0.4, 0.5) is 4.39 Å². The fourth-order valence-corrected chi connectivity index (χ4v) is 3.23. The van der Waals surface area contributed by atoms with Crippen molar-refractivity contribution in [1.82, 2.24) is 19.7 Å². The number of benzene rings is 1. The molecule has 144 valence electrons. The largest absolute Gasteiger partial charge is 0.493 e. The Hall–Kier alpha value is -3.42. The number of aromatic amines is 1. The normalized spacial score (nSPS) is 11.3. The molecule has 0 atom stereocenters. The smallest absolute Gasteiger partial charge is 0.327 e. The first-order chi connectivity index (χ1) is 13.5. The Balaban J connectivity index is 1.86. The van der Waals surface area contributed by atoms with Gasteiger partial charge in [-0.25, -0.2) is 14.2 Å². The van der Waals surface area contributed by atoms with Gasteiger partial charge >= 0.3 is 5.69 Å². The molecular formula is C20H19FN4O3. The van der Waals surface area contributed by atoms with Crippen LogP contribution in [0.2, 0.25) is 0 Å². The lowest BCUT2D eigenvalue weighted by atomic mass is 10.1. The zero-order valence-corrected chi connectivity index (χ0v) is 15.7. The van der Waals surface area contributed by atoms with E-state index in [2.05, 4.69) is 15.1 Å². The van der Waals surface area contributed by atoms with Crippen molar-refractivity contribution in [3.63, 3.8) is 0 Å². The maximum Gasteiger partial charge on any atom is 0.327 e. The van der Waals surface area contributed by atoms with Crippen LogP contribution in [-0.2, 0) is 6.54 Å². The van der Waals surface area contributed by atoms with E-state index in [1.54, 1.807) is 29.8 Å². The highest BCUT2D eigenvalue weighted by molar-refractivity contribution is 5.80. The zero-order valence-electron chi connectivity index (χ0n) is 15.7. The van der Waals surface area contributed by atoms with Gasteiger partial charge in [0.2, 0.25) is 0 Å². The van der Waals surface area contributed by atoms with Crippen LogP contribution in [0.3, 0.4) is 0 Å². The minimum Gasteiger partial charge on any atom is -0.493 e. The van der Waals surface area contributed by atoms with Gasteiger partial charge in [0.25, 0.3) is 0 Å². The molecule has 0 aliphatic heterocycles. The molecule has 1 N–H and O–H groups in total. The summed E-state index contributed by atoms with van der Waals surface area (Å²) in [5.41, 5.74) is 3.57. The van der Waals surface area contributed by atoms with Crippen LogP contribution in [-0.4, -0.2) is 26.3 Å². The van der Waals surface area contributed by atoms with E-state index in [9.17, 15) is 9.18 Å². The van der Waals surface area contributed by atoms with Gasteiger partial charge in [0.1, 0.15) is 17.3 Å². The number of fused-ring (bicyclic) bond motifs is 1. The molecule has 8 heteroatoms. The number of aryl methyl sites for hydroxylation is 2. The van der Waals surface area contributed by atoms with Gasteiger partial charge in [-0.15, -0.1) is 0 Å². The van der Waals surface area contributed by atoms with E-state index in [4.69, 9.17) is 9.26 Å². The Kier molecular flexibility index (Phi) is 4.46. The molecule has 0 saturated heterocycles. The van der Waals surface area contributed by atoms with E-state index in [0.29, 0.717) is 47.0 Å².